The maximum absolute atomic E-state index is 11.2. The molecule has 0 saturated heterocycles. The molecular weight excluding hydrogens is 176 g/mol. The van der Waals surface area contributed by atoms with Gasteiger partial charge in [-0.05, 0) is 31.6 Å². The molecule has 0 atom stereocenters. The monoisotopic (exact) mass is 192 g/mol. The summed E-state index contributed by atoms with van der Waals surface area (Å²) in [4.78, 5) is 15.1. The number of aromatic nitrogens is 1. The molecule has 1 N–H and O–H groups in total. The van der Waals surface area contributed by atoms with E-state index >= 15 is 0 Å². The van der Waals surface area contributed by atoms with Crippen LogP contribution in [0.4, 0.5) is 0 Å². The molecule has 0 saturated carbocycles. The topological polar surface area (TPSA) is 42.0 Å². The fourth-order valence-corrected chi connectivity index (χ4v) is 0.979. The van der Waals surface area contributed by atoms with Gasteiger partial charge in [0, 0.05) is 25.9 Å². The van der Waals surface area contributed by atoms with E-state index in [0.717, 1.165) is 5.56 Å². The molecule has 0 unspecified atom stereocenters. The predicted octanol–water partition coefficient (Wildman–Crippen LogP) is 1.87. The molecule has 3 heteroatoms. The van der Waals surface area contributed by atoms with Crippen molar-refractivity contribution in [1.82, 2.24) is 10.3 Å². The highest BCUT2D eigenvalue weighted by atomic mass is 16.1. The van der Waals surface area contributed by atoms with Crippen molar-refractivity contribution >= 4 is 12.0 Å². The number of hydrogen-bond donors (Lipinski definition) is 1. The van der Waals surface area contributed by atoms with E-state index in [1.54, 1.807) is 18.5 Å². The first-order valence-electron chi connectivity index (χ1n) is 4.57. The minimum atomic E-state index is -0.0798. The van der Waals surface area contributed by atoms with E-state index in [-0.39, 0.29) is 13.4 Å². The van der Waals surface area contributed by atoms with Crippen molar-refractivity contribution in [3.63, 3.8) is 0 Å². The van der Waals surface area contributed by atoms with Crippen LogP contribution in [0, 0.1) is 0 Å². The van der Waals surface area contributed by atoms with Gasteiger partial charge < -0.3 is 5.32 Å². The Morgan fingerprint density at radius 1 is 1.64 bits per heavy atom. The fraction of sp³-hybridized carbons (Fsp3) is 0.273. The van der Waals surface area contributed by atoms with Crippen LogP contribution in [-0.4, -0.2) is 16.9 Å². The normalized spacial score (nSPS) is 10.8. The van der Waals surface area contributed by atoms with Gasteiger partial charge >= 0.3 is 0 Å². The summed E-state index contributed by atoms with van der Waals surface area (Å²) >= 11 is 0. The van der Waals surface area contributed by atoms with Gasteiger partial charge in [-0.15, -0.1) is 0 Å². The zero-order valence-corrected chi connectivity index (χ0v) is 8.40. The van der Waals surface area contributed by atoms with Crippen molar-refractivity contribution in [2.24, 2.45) is 0 Å². The van der Waals surface area contributed by atoms with E-state index in [4.69, 9.17) is 0 Å². The molecule has 3 nitrogen and oxygen atoms in total. The lowest BCUT2D eigenvalue weighted by atomic mass is 10.2. The standard InChI is InChI=1S/C11H14N2O.H2/c1-9(2)13-11(14)6-5-10-4-3-7-12-8-10;/h3-9H,1-2H3,(H,13,14);1H/b6-5+;. The van der Waals surface area contributed by atoms with Gasteiger partial charge in [-0.3, -0.25) is 9.78 Å². The SMILES string of the molecule is CC(C)NC(=O)/C=C/c1cccnc1.[HH]. The molecule has 0 aliphatic heterocycles. The Labute approximate surface area is 85.3 Å². The fourth-order valence-electron chi connectivity index (χ4n) is 0.979. The molecule has 1 amide bonds. The first kappa shape index (κ1) is 10.4. The molecule has 0 aliphatic carbocycles. The van der Waals surface area contributed by atoms with Crippen molar-refractivity contribution in [2.75, 3.05) is 0 Å². The number of carbonyl (C=O) groups is 1. The molecule has 0 fully saturated rings. The molecule has 0 aromatic carbocycles. The number of hydrogen-bond acceptors (Lipinski definition) is 2. The number of pyridine rings is 1. The van der Waals surface area contributed by atoms with Crippen LogP contribution in [0.5, 0.6) is 0 Å². The molecular formula is C11H16N2O. The molecule has 1 heterocycles. The molecule has 0 bridgehead atoms. The van der Waals surface area contributed by atoms with E-state index in [0.29, 0.717) is 0 Å². The number of carbonyl (C=O) groups excluding carboxylic acids is 1. The lowest BCUT2D eigenvalue weighted by Gasteiger charge is -2.03. The average molecular weight is 192 g/mol. The second kappa shape index (κ2) is 5.17. The Hall–Kier alpha value is -1.64. The zero-order valence-electron chi connectivity index (χ0n) is 8.40. The Morgan fingerprint density at radius 3 is 3.00 bits per heavy atom. The van der Waals surface area contributed by atoms with Crippen LogP contribution in [0.15, 0.2) is 30.6 Å². The molecule has 1 aromatic heterocycles. The van der Waals surface area contributed by atoms with Crippen LogP contribution >= 0.6 is 0 Å². The summed E-state index contributed by atoms with van der Waals surface area (Å²) in [6, 6.07) is 3.90. The van der Waals surface area contributed by atoms with Gasteiger partial charge in [0.05, 0.1) is 0 Å². The van der Waals surface area contributed by atoms with Crippen LogP contribution in [0.25, 0.3) is 6.08 Å². The molecule has 14 heavy (non-hydrogen) atoms. The Kier molecular flexibility index (Phi) is 3.85. The smallest absolute Gasteiger partial charge is 0.244 e. The van der Waals surface area contributed by atoms with Crippen LogP contribution in [0.2, 0.25) is 0 Å². The van der Waals surface area contributed by atoms with Crippen LogP contribution in [-0.2, 0) is 4.79 Å². The maximum Gasteiger partial charge on any atom is 0.244 e. The van der Waals surface area contributed by atoms with Gasteiger partial charge in [0.15, 0.2) is 0 Å². The quantitative estimate of drug-likeness (QED) is 0.743. The van der Waals surface area contributed by atoms with E-state index in [1.165, 1.54) is 6.08 Å². The van der Waals surface area contributed by atoms with E-state index in [2.05, 4.69) is 10.3 Å². The maximum atomic E-state index is 11.2. The van der Waals surface area contributed by atoms with Gasteiger partial charge in [-0.2, -0.15) is 0 Å². The predicted molar refractivity (Wildman–Crippen MR) is 58.7 cm³/mol. The summed E-state index contributed by atoms with van der Waals surface area (Å²) in [6.07, 6.45) is 6.66. The average Bonchev–Trinajstić information content (AvgIpc) is 2.15. The summed E-state index contributed by atoms with van der Waals surface area (Å²) < 4.78 is 0. The Balaban J connectivity index is 0.00000196. The molecule has 76 valence electrons. The lowest BCUT2D eigenvalue weighted by Crippen LogP contribution is -2.28. The van der Waals surface area contributed by atoms with E-state index < -0.39 is 0 Å². The van der Waals surface area contributed by atoms with Crippen LogP contribution in [0.1, 0.15) is 20.8 Å². The minimum absolute atomic E-state index is 0. The third kappa shape index (κ3) is 3.85. The number of nitrogens with one attached hydrogen (secondary N) is 1. The molecule has 1 rings (SSSR count). The van der Waals surface area contributed by atoms with Gasteiger partial charge in [-0.1, -0.05) is 6.07 Å². The lowest BCUT2D eigenvalue weighted by molar-refractivity contribution is -0.116. The summed E-state index contributed by atoms with van der Waals surface area (Å²) in [5.74, 6) is -0.0798. The van der Waals surface area contributed by atoms with Crippen molar-refractivity contribution in [3.8, 4) is 0 Å². The number of nitrogens with zero attached hydrogens (tertiary/aromatic N) is 1. The molecule has 1 aromatic rings. The molecule has 0 radical (unpaired) electrons. The van der Waals surface area contributed by atoms with Crippen molar-refractivity contribution in [2.45, 2.75) is 19.9 Å². The summed E-state index contributed by atoms with van der Waals surface area (Å²) in [6.45, 7) is 3.85. The first-order valence-corrected chi connectivity index (χ1v) is 4.57. The van der Waals surface area contributed by atoms with Crippen molar-refractivity contribution in [1.29, 1.82) is 0 Å². The largest absolute Gasteiger partial charge is 0.350 e. The zero-order chi connectivity index (χ0) is 10.4. The van der Waals surface area contributed by atoms with Gasteiger partial charge in [0.1, 0.15) is 0 Å². The van der Waals surface area contributed by atoms with Crippen LogP contribution in [0.3, 0.4) is 0 Å². The second-order valence-corrected chi connectivity index (χ2v) is 3.28. The van der Waals surface area contributed by atoms with E-state index in [1.807, 2.05) is 26.0 Å². The Bertz CT molecular complexity index is 323. The first-order chi connectivity index (χ1) is 6.68. The van der Waals surface area contributed by atoms with Gasteiger partial charge in [0.25, 0.3) is 0 Å². The summed E-state index contributed by atoms with van der Waals surface area (Å²) in [5, 5.41) is 2.77. The summed E-state index contributed by atoms with van der Waals surface area (Å²) in [7, 11) is 0. The number of rotatable bonds is 3. The van der Waals surface area contributed by atoms with Gasteiger partial charge in [0.2, 0.25) is 5.91 Å². The highest BCUT2D eigenvalue weighted by Gasteiger charge is 1.96. The van der Waals surface area contributed by atoms with E-state index in [9.17, 15) is 4.79 Å². The summed E-state index contributed by atoms with van der Waals surface area (Å²) in [5.41, 5.74) is 0.923. The molecule has 0 aliphatic rings. The van der Waals surface area contributed by atoms with Crippen molar-refractivity contribution < 1.29 is 6.22 Å². The second-order valence-electron chi connectivity index (χ2n) is 3.28. The highest BCUT2D eigenvalue weighted by Crippen LogP contribution is 1.97. The molecule has 0 spiro atoms. The van der Waals surface area contributed by atoms with Crippen LogP contribution < -0.4 is 5.32 Å². The third-order valence-corrected chi connectivity index (χ3v) is 1.54. The van der Waals surface area contributed by atoms with Gasteiger partial charge in [-0.25, -0.2) is 0 Å². The Morgan fingerprint density at radius 2 is 2.43 bits per heavy atom. The highest BCUT2D eigenvalue weighted by molar-refractivity contribution is 5.91. The third-order valence-electron chi connectivity index (χ3n) is 1.54. The van der Waals surface area contributed by atoms with Crippen molar-refractivity contribution in [3.05, 3.63) is 36.2 Å². The number of amides is 1. The minimum Gasteiger partial charge on any atom is -0.350 e.